The van der Waals surface area contributed by atoms with Gasteiger partial charge in [0, 0.05) is 11.6 Å². The van der Waals surface area contributed by atoms with Gasteiger partial charge in [-0.3, -0.25) is 0 Å². The molecule has 104 valence electrons. The topological polar surface area (TPSA) is 21.3 Å². The van der Waals surface area contributed by atoms with Crippen LogP contribution in [0.5, 0.6) is 5.75 Å². The summed E-state index contributed by atoms with van der Waals surface area (Å²) in [4.78, 5) is 0. The summed E-state index contributed by atoms with van der Waals surface area (Å²) in [7, 11) is 0. The summed E-state index contributed by atoms with van der Waals surface area (Å²) in [5.41, 5.74) is 2.88. The van der Waals surface area contributed by atoms with Crippen LogP contribution in [0.3, 0.4) is 0 Å². The molecule has 2 nitrogen and oxygen atoms in total. The van der Waals surface area contributed by atoms with Gasteiger partial charge in [-0.1, -0.05) is 29.8 Å². The molecule has 0 bridgehead atoms. The molecule has 1 unspecified atom stereocenters. The number of para-hydroxylation sites is 1. The van der Waals surface area contributed by atoms with E-state index in [9.17, 15) is 0 Å². The van der Waals surface area contributed by atoms with Crippen LogP contribution in [0.1, 0.15) is 51.1 Å². The Kier molecular flexibility index (Phi) is 5.46. The van der Waals surface area contributed by atoms with Crippen LogP contribution >= 0.6 is 0 Å². The monoisotopic (exact) mass is 259 g/mol. The molecule has 2 heteroatoms. The zero-order chi connectivity index (χ0) is 13.5. The zero-order valence-electron chi connectivity index (χ0n) is 12.1. The molecule has 0 spiro atoms. The van der Waals surface area contributed by atoms with Gasteiger partial charge in [-0.25, -0.2) is 0 Å². The van der Waals surface area contributed by atoms with Gasteiger partial charge in [0.2, 0.25) is 0 Å². The molecule has 0 fully saturated rings. The fourth-order valence-corrected chi connectivity index (χ4v) is 2.65. The fourth-order valence-electron chi connectivity index (χ4n) is 2.65. The maximum absolute atomic E-state index is 5.69. The van der Waals surface area contributed by atoms with E-state index >= 15 is 0 Å². The van der Waals surface area contributed by atoms with Crippen LogP contribution in [-0.2, 0) is 0 Å². The summed E-state index contributed by atoms with van der Waals surface area (Å²) in [5, 5.41) is 3.60. The number of ether oxygens (including phenoxy) is 1. The molecule has 1 atom stereocenters. The predicted molar refractivity (Wildman–Crippen MR) is 80.6 cm³/mol. The molecule has 0 radical (unpaired) electrons. The fraction of sp³-hybridized carbons (Fsp3) is 0.529. The molecule has 1 aliphatic carbocycles. The van der Waals surface area contributed by atoms with Crippen molar-refractivity contribution in [1.82, 2.24) is 5.32 Å². The second kappa shape index (κ2) is 7.34. The van der Waals surface area contributed by atoms with Gasteiger partial charge in [0.25, 0.3) is 0 Å². The van der Waals surface area contributed by atoms with Crippen molar-refractivity contribution >= 4 is 0 Å². The number of nitrogens with one attached hydrogen (secondary N) is 1. The highest BCUT2D eigenvalue weighted by Crippen LogP contribution is 2.25. The van der Waals surface area contributed by atoms with E-state index in [0.717, 1.165) is 18.9 Å². The van der Waals surface area contributed by atoms with E-state index in [1.54, 1.807) is 5.57 Å². The Morgan fingerprint density at radius 1 is 1.32 bits per heavy atom. The van der Waals surface area contributed by atoms with Crippen LogP contribution in [0.2, 0.25) is 0 Å². The van der Waals surface area contributed by atoms with Gasteiger partial charge in [-0.05, 0) is 52.1 Å². The molecule has 0 aromatic heterocycles. The second-order valence-electron chi connectivity index (χ2n) is 5.15. The minimum atomic E-state index is 0.338. The van der Waals surface area contributed by atoms with Crippen LogP contribution in [0, 0.1) is 0 Å². The first-order valence-corrected chi connectivity index (χ1v) is 7.44. The Bertz CT molecular complexity index is 425. The minimum Gasteiger partial charge on any atom is -0.494 e. The lowest BCUT2D eigenvalue weighted by Gasteiger charge is -2.18. The van der Waals surface area contributed by atoms with Crippen LogP contribution in [0.15, 0.2) is 35.9 Å². The maximum atomic E-state index is 5.69. The third kappa shape index (κ3) is 4.10. The van der Waals surface area contributed by atoms with Crippen LogP contribution in [-0.4, -0.2) is 13.2 Å². The van der Waals surface area contributed by atoms with Crippen molar-refractivity contribution in [3.63, 3.8) is 0 Å². The molecular weight excluding hydrogens is 234 g/mol. The summed E-state index contributed by atoms with van der Waals surface area (Å²) >= 11 is 0. The van der Waals surface area contributed by atoms with Gasteiger partial charge in [0.15, 0.2) is 0 Å². The Hall–Kier alpha value is -1.28. The van der Waals surface area contributed by atoms with Crippen molar-refractivity contribution in [3.8, 4) is 5.75 Å². The molecule has 1 aromatic carbocycles. The summed E-state index contributed by atoms with van der Waals surface area (Å²) in [6, 6.07) is 8.65. The zero-order valence-corrected chi connectivity index (χ0v) is 12.1. The Morgan fingerprint density at radius 3 is 2.89 bits per heavy atom. The second-order valence-corrected chi connectivity index (χ2v) is 5.15. The van der Waals surface area contributed by atoms with Crippen molar-refractivity contribution < 1.29 is 4.74 Å². The SMILES string of the molecule is CCOc1ccccc1C(C)NCCC1=CCCC1. The molecule has 2 rings (SSSR count). The van der Waals surface area contributed by atoms with Crippen LogP contribution < -0.4 is 10.1 Å². The molecule has 0 saturated carbocycles. The maximum Gasteiger partial charge on any atom is 0.124 e. The lowest BCUT2D eigenvalue weighted by molar-refractivity contribution is 0.332. The van der Waals surface area contributed by atoms with E-state index in [1.807, 2.05) is 13.0 Å². The number of rotatable bonds is 7. The Labute approximate surface area is 116 Å². The van der Waals surface area contributed by atoms with Crippen molar-refractivity contribution in [2.24, 2.45) is 0 Å². The Morgan fingerprint density at radius 2 is 2.16 bits per heavy atom. The molecule has 1 aliphatic rings. The molecule has 1 N–H and O–H groups in total. The smallest absolute Gasteiger partial charge is 0.124 e. The third-order valence-corrected chi connectivity index (χ3v) is 3.72. The molecule has 0 amide bonds. The van der Waals surface area contributed by atoms with Gasteiger partial charge in [0.1, 0.15) is 5.75 Å². The normalized spacial score (nSPS) is 16.2. The number of hydrogen-bond acceptors (Lipinski definition) is 2. The number of allylic oxidation sites excluding steroid dienone is 1. The van der Waals surface area contributed by atoms with Crippen molar-refractivity contribution in [1.29, 1.82) is 0 Å². The first kappa shape index (κ1) is 14.1. The molecule has 19 heavy (non-hydrogen) atoms. The van der Waals surface area contributed by atoms with Crippen molar-refractivity contribution in [2.75, 3.05) is 13.2 Å². The van der Waals surface area contributed by atoms with E-state index in [-0.39, 0.29) is 0 Å². The molecular formula is C17H25NO. The number of benzene rings is 1. The van der Waals surface area contributed by atoms with Gasteiger partial charge >= 0.3 is 0 Å². The molecule has 0 saturated heterocycles. The lowest BCUT2D eigenvalue weighted by Crippen LogP contribution is -2.20. The summed E-state index contributed by atoms with van der Waals surface area (Å²) < 4.78 is 5.69. The highest BCUT2D eigenvalue weighted by Gasteiger charge is 2.11. The van der Waals surface area contributed by atoms with Gasteiger partial charge in [-0.15, -0.1) is 0 Å². The summed E-state index contributed by atoms with van der Waals surface area (Å²) in [5.74, 6) is 1.00. The predicted octanol–water partition coefficient (Wildman–Crippen LogP) is 4.24. The summed E-state index contributed by atoms with van der Waals surface area (Å²) in [6.45, 7) is 6.01. The molecule has 0 heterocycles. The van der Waals surface area contributed by atoms with Gasteiger partial charge < -0.3 is 10.1 Å². The first-order valence-electron chi connectivity index (χ1n) is 7.44. The van der Waals surface area contributed by atoms with Crippen LogP contribution in [0.25, 0.3) is 0 Å². The van der Waals surface area contributed by atoms with Crippen molar-refractivity contribution in [2.45, 2.75) is 45.6 Å². The highest BCUT2D eigenvalue weighted by molar-refractivity contribution is 5.35. The third-order valence-electron chi connectivity index (χ3n) is 3.72. The van der Waals surface area contributed by atoms with E-state index < -0.39 is 0 Å². The first-order chi connectivity index (χ1) is 9.31. The van der Waals surface area contributed by atoms with E-state index in [0.29, 0.717) is 6.04 Å². The average Bonchev–Trinajstić information content (AvgIpc) is 2.93. The quantitative estimate of drug-likeness (QED) is 0.740. The minimum absolute atomic E-state index is 0.338. The van der Waals surface area contributed by atoms with E-state index in [4.69, 9.17) is 4.74 Å². The van der Waals surface area contributed by atoms with E-state index in [1.165, 1.54) is 31.2 Å². The van der Waals surface area contributed by atoms with Crippen molar-refractivity contribution in [3.05, 3.63) is 41.5 Å². The summed E-state index contributed by atoms with van der Waals surface area (Å²) in [6.07, 6.45) is 7.50. The largest absolute Gasteiger partial charge is 0.494 e. The Balaban J connectivity index is 1.86. The lowest BCUT2D eigenvalue weighted by atomic mass is 10.1. The van der Waals surface area contributed by atoms with Crippen LogP contribution in [0.4, 0.5) is 0 Å². The van der Waals surface area contributed by atoms with Gasteiger partial charge in [-0.2, -0.15) is 0 Å². The standard InChI is InChI=1S/C17H25NO/c1-3-19-17-11-7-6-10-16(17)14(2)18-13-12-15-8-4-5-9-15/h6-8,10-11,14,18H,3-5,9,12-13H2,1-2H3. The van der Waals surface area contributed by atoms with Gasteiger partial charge in [0.05, 0.1) is 6.61 Å². The average molecular weight is 259 g/mol. The number of hydrogen-bond donors (Lipinski definition) is 1. The molecule has 1 aromatic rings. The molecule has 0 aliphatic heterocycles. The highest BCUT2D eigenvalue weighted by atomic mass is 16.5. The van der Waals surface area contributed by atoms with E-state index in [2.05, 4.69) is 36.5 Å².